The Morgan fingerprint density at radius 2 is 0.769 bits per heavy atom. The summed E-state index contributed by atoms with van der Waals surface area (Å²) in [6, 6.07) is 0. The van der Waals surface area contributed by atoms with Gasteiger partial charge in [0.2, 0.25) is 0 Å². The van der Waals surface area contributed by atoms with Crippen molar-refractivity contribution in [1.29, 1.82) is 0 Å². The van der Waals surface area contributed by atoms with Crippen molar-refractivity contribution in [3.63, 3.8) is 0 Å². The summed E-state index contributed by atoms with van der Waals surface area (Å²) in [6.07, 6.45) is 0. The third-order valence-electron chi connectivity index (χ3n) is 0.690. The summed E-state index contributed by atoms with van der Waals surface area (Å²) in [5.74, 6) is 0. The van der Waals surface area contributed by atoms with E-state index >= 15 is 0 Å². The molecule has 0 bridgehead atoms. The highest BCUT2D eigenvalue weighted by Gasteiger charge is 2.12. The molecule has 0 aromatic carbocycles. The van der Waals surface area contributed by atoms with Gasteiger partial charge in [0.1, 0.15) is 5.39 Å². The van der Waals surface area contributed by atoms with E-state index in [0.29, 0.717) is 0 Å². The van der Waals surface area contributed by atoms with Crippen LogP contribution >= 0.6 is 0 Å². The Balaban J connectivity index is 3.87. The van der Waals surface area contributed by atoms with Crippen LogP contribution in [0.5, 0.6) is 0 Å². The van der Waals surface area contributed by atoms with Gasteiger partial charge in [0.25, 0.3) is 0 Å². The van der Waals surface area contributed by atoms with Crippen LogP contribution in [0.1, 0.15) is 0 Å². The van der Waals surface area contributed by atoms with Gasteiger partial charge in [0.15, 0.2) is 0 Å². The Morgan fingerprint density at radius 3 is 0.923 bits per heavy atom. The van der Waals surface area contributed by atoms with Crippen LogP contribution < -0.4 is 0 Å². The zero-order valence-corrected chi connectivity index (χ0v) is 9.01. The molecule has 0 fully saturated rings. The third-order valence-corrected chi connectivity index (χ3v) is 0.690. The Kier molecular flexibility index (Phi) is 6.08. The van der Waals surface area contributed by atoms with Crippen molar-refractivity contribution in [3.05, 3.63) is 0 Å². The lowest BCUT2D eigenvalue weighted by molar-refractivity contribution is -0.647. The van der Waals surface area contributed by atoms with Crippen molar-refractivity contribution in [3.8, 4) is 0 Å². The minimum absolute atomic E-state index is 0.875. The van der Waals surface area contributed by atoms with Crippen LogP contribution in [0.15, 0.2) is 0 Å². The molecule has 0 amide bonds. The highest BCUT2D eigenvalue weighted by Crippen LogP contribution is 1.98. The predicted molar refractivity (Wildman–Crippen MR) is 46.2 cm³/mol. The quantitative estimate of drug-likeness (QED) is 0.528. The van der Waals surface area contributed by atoms with Gasteiger partial charge in [0, 0.05) is 42.3 Å². The van der Waals surface area contributed by atoms with E-state index in [1.165, 1.54) is 15.2 Å². The van der Waals surface area contributed by atoms with E-state index in [-0.39, 0.29) is 0 Å². The summed E-state index contributed by atoms with van der Waals surface area (Å²) in [6.45, 7) is 0. The molecule has 7 heteroatoms. The summed E-state index contributed by atoms with van der Waals surface area (Å²) in [5, 5.41) is 5.19. The van der Waals surface area contributed by atoms with E-state index in [2.05, 4.69) is 0 Å². The zero-order chi connectivity index (χ0) is 10.4. The van der Waals surface area contributed by atoms with Crippen molar-refractivity contribution in [1.82, 2.24) is 20.6 Å². The van der Waals surface area contributed by atoms with E-state index in [1.54, 1.807) is 42.3 Å². The van der Waals surface area contributed by atoms with Crippen LogP contribution in [-0.2, 0) is 14.8 Å². The Morgan fingerprint density at radius 1 is 0.538 bits per heavy atom. The first-order valence-corrected chi connectivity index (χ1v) is 3.78. The van der Waals surface area contributed by atoms with Crippen LogP contribution in [0.4, 0.5) is 0 Å². The van der Waals surface area contributed by atoms with Crippen molar-refractivity contribution < 1.29 is 14.8 Å². The lowest BCUT2D eigenvalue weighted by Gasteiger charge is -2.25. The largest absolute Gasteiger partial charge is 0.171 e. The fraction of sp³-hybridized carbons (Fsp3) is 1.00. The molecule has 80 valence electrons. The molecule has 0 saturated heterocycles. The highest BCUT2D eigenvalue weighted by atomic mass is 17.3. The molecule has 0 aromatic rings. The van der Waals surface area contributed by atoms with E-state index in [1.807, 2.05) is 0 Å². The summed E-state index contributed by atoms with van der Waals surface area (Å²) in [4.78, 5) is 15.0. The minimum Gasteiger partial charge on any atom is -0.171 e. The molecule has 0 rings (SSSR count). The van der Waals surface area contributed by atoms with E-state index in [4.69, 9.17) is 14.8 Å². The molecule has 0 atom stereocenters. The van der Waals surface area contributed by atoms with E-state index < -0.39 is 0 Å². The summed E-state index contributed by atoms with van der Waals surface area (Å²) < 4.78 is 0. The fourth-order valence-corrected chi connectivity index (χ4v) is 0.445. The average Bonchev–Trinajstić information content (AvgIpc) is 1.80. The van der Waals surface area contributed by atoms with Crippen LogP contribution in [0.2, 0.25) is 0 Å². The number of nitrogens with zero attached hydrogens (tertiary/aromatic N) is 4. The van der Waals surface area contributed by atoms with Gasteiger partial charge in [0.05, 0.1) is 0 Å². The number of hydroxylamine groups is 6. The second-order valence-electron chi connectivity index (χ2n) is 2.91. The Labute approximate surface area is 78.7 Å². The van der Waals surface area contributed by atoms with Gasteiger partial charge in [-0.2, -0.15) is 30.0 Å². The zero-order valence-electron chi connectivity index (χ0n) is 9.01. The van der Waals surface area contributed by atoms with Gasteiger partial charge < -0.3 is 0 Å². The lowest BCUT2D eigenvalue weighted by Crippen LogP contribution is -2.39. The molecule has 0 aromatic heterocycles. The molecule has 0 heterocycles. The van der Waals surface area contributed by atoms with Crippen molar-refractivity contribution >= 4 is 0 Å². The molecule has 0 spiro atoms. The molecular formula is C6H18N4O3. The predicted octanol–water partition coefficient (Wildman–Crippen LogP) is -0.487. The van der Waals surface area contributed by atoms with Crippen LogP contribution in [-0.4, -0.2) is 62.9 Å². The molecule has 0 N–H and O–H groups in total. The maximum Gasteiger partial charge on any atom is 0.131 e. The Hall–Kier alpha value is -0.280. The lowest BCUT2D eigenvalue weighted by atomic mass is 11.2. The molecule has 0 aliphatic carbocycles. The van der Waals surface area contributed by atoms with Crippen LogP contribution in [0, 0.1) is 0 Å². The maximum atomic E-state index is 5.01. The van der Waals surface area contributed by atoms with Crippen LogP contribution in [0.3, 0.4) is 0 Å². The van der Waals surface area contributed by atoms with E-state index in [0.717, 1.165) is 5.39 Å². The smallest absolute Gasteiger partial charge is 0.131 e. The first-order chi connectivity index (χ1) is 5.91. The van der Waals surface area contributed by atoms with Crippen LogP contribution in [0.25, 0.3) is 0 Å². The molecule has 0 unspecified atom stereocenters. The molecule has 0 aliphatic heterocycles. The molecule has 13 heavy (non-hydrogen) atoms. The molecule has 0 radical (unpaired) electrons. The Bertz CT molecular complexity index is 107. The van der Waals surface area contributed by atoms with Crippen molar-refractivity contribution in [2.24, 2.45) is 0 Å². The normalized spacial score (nSPS) is 12.5. The van der Waals surface area contributed by atoms with Gasteiger partial charge in [-0.3, -0.25) is 0 Å². The van der Waals surface area contributed by atoms with Gasteiger partial charge in [-0.1, -0.05) is 0 Å². The first-order valence-electron chi connectivity index (χ1n) is 3.78. The summed E-state index contributed by atoms with van der Waals surface area (Å²) >= 11 is 0. The van der Waals surface area contributed by atoms with Gasteiger partial charge in [-0.25, -0.2) is 0 Å². The van der Waals surface area contributed by atoms with Crippen molar-refractivity contribution in [2.75, 3.05) is 42.3 Å². The summed E-state index contributed by atoms with van der Waals surface area (Å²) in [5.41, 5.74) is 0. The number of hydrogen-bond donors (Lipinski definition) is 0. The standard InChI is InChI=1S/C6H18N4O3/c1-7(2)11-10(12-8(3)4)13-9(5)6/h1-6H3. The first kappa shape index (κ1) is 12.7. The second-order valence-corrected chi connectivity index (χ2v) is 2.91. The van der Waals surface area contributed by atoms with Gasteiger partial charge >= 0.3 is 0 Å². The molecular weight excluding hydrogens is 176 g/mol. The monoisotopic (exact) mass is 194 g/mol. The van der Waals surface area contributed by atoms with Gasteiger partial charge in [-0.15, -0.1) is 0 Å². The van der Waals surface area contributed by atoms with Gasteiger partial charge in [-0.05, 0) is 0 Å². The number of rotatable bonds is 6. The third kappa shape index (κ3) is 8.06. The second kappa shape index (κ2) is 6.22. The summed E-state index contributed by atoms with van der Waals surface area (Å²) in [7, 11) is 10.3. The maximum absolute atomic E-state index is 5.01. The van der Waals surface area contributed by atoms with Crippen molar-refractivity contribution in [2.45, 2.75) is 0 Å². The SMILES string of the molecule is CN(C)ON(ON(C)C)ON(C)C. The minimum atomic E-state index is 0.875. The molecule has 0 aliphatic rings. The molecule has 0 saturated carbocycles. The fourth-order valence-electron chi connectivity index (χ4n) is 0.445. The average molecular weight is 194 g/mol. The van der Waals surface area contributed by atoms with E-state index in [9.17, 15) is 0 Å². The molecule has 7 nitrogen and oxygen atoms in total. The number of hydrogen-bond acceptors (Lipinski definition) is 7. The highest BCUT2D eigenvalue weighted by molar-refractivity contribution is 4.04. The topological polar surface area (TPSA) is 40.6 Å².